The Morgan fingerprint density at radius 1 is 1.28 bits per heavy atom. The lowest BCUT2D eigenvalue weighted by Gasteiger charge is -2.05. The second-order valence-corrected chi connectivity index (χ2v) is 3.71. The van der Waals surface area contributed by atoms with E-state index < -0.39 is 11.9 Å². The lowest BCUT2D eigenvalue weighted by Crippen LogP contribution is -2.15. The van der Waals surface area contributed by atoms with Gasteiger partial charge in [0.15, 0.2) is 5.69 Å². The first kappa shape index (κ1) is 14.1. The van der Waals surface area contributed by atoms with Gasteiger partial charge in [0, 0.05) is 6.54 Å². The molecule has 1 aromatic heterocycles. The lowest BCUT2D eigenvalue weighted by atomic mass is 10.2. The van der Waals surface area contributed by atoms with Crippen LogP contribution < -0.4 is 0 Å². The van der Waals surface area contributed by atoms with Gasteiger partial charge >= 0.3 is 11.9 Å². The first-order valence-electron chi connectivity index (χ1n) is 5.71. The lowest BCUT2D eigenvalue weighted by molar-refractivity contribution is -0.139. The molecular weight excluding hydrogens is 238 g/mol. The van der Waals surface area contributed by atoms with Crippen molar-refractivity contribution in [2.45, 2.75) is 32.7 Å². The Bertz CT molecular complexity index is 428. The van der Waals surface area contributed by atoms with Gasteiger partial charge < -0.3 is 9.47 Å². The van der Waals surface area contributed by atoms with Crippen molar-refractivity contribution in [2.24, 2.45) is 0 Å². The van der Waals surface area contributed by atoms with Crippen LogP contribution in [-0.2, 0) is 27.2 Å². The molecule has 0 aliphatic heterocycles. The van der Waals surface area contributed by atoms with Gasteiger partial charge in [0.2, 0.25) is 0 Å². The molecule has 0 bridgehead atoms. The minimum absolute atomic E-state index is 0.0440. The number of hydrogen-bond donors (Lipinski definition) is 0. The molecule has 0 N–H and O–H groups in total. The Morgan fingerprint density at radius 3 is 2.56 bits per heavy atom. The number of hydrogen-bond acceptors (Lipinski definition) is 6. The highest BCUT2D eigenvalue weighted by atomic mass is 16.5. The van der Waals surface area contributed by atoms with E-state index in [1.165, 1.54) is 14.2 Å². The smallest absolute Gasteiger partial charge is 0.360 e. The van der Waals surface area contributed by atoms with Crippen LogP contribution in [0.1, 0.15) is 35.9 Å². The van der Waals surface area contributed by atoms with Gasteiger partial charge in [-0.05, 0) is 6.42 Å². The first-order valence-corrected chi connectivity index (χ1v) is 5.71. The van der Waals surface area contributed by atoms with Crippen LogP contribution in [-0.4, -0.2) is 41.2 Å². The molecule has 100 valence electrons. The highest BCUT2D eigenvalue weighted by Crippen LogP contribution is 2.10. The zero-order valence-electron chi connectivity index (χ0n) is 10.8. The number of methoxy groups -OCH3 is 2. The monoisotopic (exact) mass is 255 g/mol. The molecule has 7 nitrogen and oxygen atoms in total. The first-order chi connectivity index (χ1) is 8.63. The number of aryl methyl sites for hydroxylation is 1. The molecule has 0 saturated carbocycles. The normalized spacial score (nSPS) is 10.2. The van der Waals surface area contributed by atoms with Crippen LogP contribution >= 0.6 is 0 Å². The maximum atomic E-state index is 11.5. The minimum Gasteiger partial charge on any atom is -0.469 e. The topological polar surface area (TPSA) is 83.3 Å². The van der Waals surface area contributed by atoms with Crippen LogP contribution in [0.5, 0.6) is 0 Å². The summed E-state index contributed by atoms with van der Waals surface area (Å²) in [4.78, 5) is 22.8. The SMILES string of the molecule is CCCCn1nnc(C(=O)OC)c1CC(=O)OC. The summed E-state index contributed by atoms with van der Waals surface area (Å²) in [6.45, 7) is 2.64. The van der Waals surface area contributed by atoms with Crippen molar-refractivity contribution >= 4 is 11.9 Å². The van der Waals surface area contributed by atoms with Crippen molar-refractivity contribution in [3.05, 3.63) is 11.4 Å². The summed E-state index contributed by atoms with van der Waals surface area (Å²) in [7, 11) is 2.55. The Hall–Kier alpha value is -1.92. The second-order valence-electron chi connectivity index (χ2n) is 3.71. The molecule has 1 aromatic rings. The molecule has 18 heavy (non-hydrogen) atoms. The van der Waals surface area contributed by atoms with E-state index in [0.29, 0.717) is 12.2 Å². The molecule has 0 aliphatic carbocycles. The van der Waals surface area contributed by atoms with Gasteiger partial charge in [0.05, 0.1) is 26.3 Å². The number of aromatic nitrogens is 3. The van der Waals surface area contributed by atoms with E-state index in [1.807, 2.05) is 6.92 Å². The van der Waals surface area contributed by atoms with Gasteiger partial charge in [-0.3, -0.25) is 4.79 Å². The molecular formula is C11H17N3O4. The summed E-state index contributed by atoms with van der Waals surface area (Å²) in [6, 6.07) is 0. The molecule has 0 unspecified atom stereocenters. The molecule has 0 atom stereocenters. The molecule has 1 rings (SSSR count). The Labute approximate surface area is 105 Å². The van der Waals surface area contributed by atoms with E-state index in [1.54, 1.807) is 4.68 Å². The summed E-state index contributed by atoms with van der Waals surface area (Å²) in [5.74, 6) is -1.04. The molecule has 0 saturated heterocycles. The maximum Gasteiger partial charge on any atom is 0.360 e. The van der Waals surface area contributed by atoms with Gasteiger partial charge in [-0.15, -0.1) is 5.10 Å². The fourth-order valence-corrected chi connectivity index (χ4v) is 1.46. The summed E-state index contributed by atoms with van der Waals surface area (Å²) < 4.78 is 10.7. The molecule has 0 aliphatic rings. The summed E-state index contributed by atoms with van der Waals surface area (Å²) in [5.41, 5.74) is 0.501. The fraction of sp³-hybridized carbons (Fsp3) is 0.636. The van der Waals surface area contributed by atoms with Crippen molar-refractivity contribution in [1.82, 2.24) is 15.0 Å². The highest BCUT2D eigenvalue weighted by molar-refractivity contribution is 5.89. The Kier molecular flexibility index (Phi) is 5.29. The van der Waals surface area contributed by atoms with Crippen molar-refractivity contribution in [2.75, 3.05) is 14.2 Å². The number of ether oxygens (including phenoxy) is 2. The predicted molar refractivity (Wildman–Crippen MR) is 62.0 cm³/mol. The minimum atomic E-state index is -0.600. The largest absolute Gasteiger partial charge is 0.469 e. The Morgan fingerprint density at radius 2 is 2.00 bits per heavy atom. The molecule has 1 heterocycles. The molecule has 0 amide bonds. The molecule has 0 radical (unpaired) electrons. The number of carbonyl (C=O) groups excluding carboxylic acids is 2. The van der Waals surface area contributed by atoms with Crippen molar-refractivity contribution in [1.29, 1.82) is 0 Å². The summed E-state index contributed by atoms with van der Waals surface area (Å²) in [5, 5.41) is 7.63. The molecule has 0 spiro atoms. The maximum absolute atomic E-state index is 11.5. The number of esters is 2. The number of nitrogens with zero attached hydrogens (tertiary/aromatic N) is 3. The van der Waals surface area contributed by atoms with Gasteiger partial charge in [0.1, 0.15) is 0 Å². The van der Waals surface area contributed by atoms with Crippen molar-refractivity contribution < 1.29 is 19.1 Å². The number of rotatable bonds is 6. The third-order valence-corrected chi connectivity index (χ3v) is 2.48. The average Bonchev–Trinajstić information content (AvgIpc) is 2.78. The Balaban J connectivity index is 3.00. The van der Waals surface area contributed by atoms with Crippen LogP contribution in [0.4, 0.5) is 0 Å². The molecule has 7 heteroatoms. The van der Waals surface area contributed by atoms with E-state index in [-0.39, 0.29) is 12.1 Å². The van der Waals surface area contributed by atoms with Crippen LogP contribution in [0.25, 0.3) is 0 Å². The van der Waals surface area contributed by atoms with E-state index in [4.69, 9.17) is 0 Å². The quantitative estimate of drug-likeness (QED) is 0.691. The molecule has 0 aromatic carbocycles. The second kappa shape index (κ2) is 6.73. The third kappa shape index (κ3) is 3.28. The van der Waals surface area contributed by atoms with Gasteiger partial charge in [-0.1, -0.05) is 18.6 Å². The van der Waals surface area contributed by atoms with E-state index >= 15 is 0 Å². The van der Waals surface area contributed by atoms with Gasteiger partial charge in [-0.2, -0.15) is 0 Å². The summed E-state index contributed by atoms with van der Waals surface area (Å²) >= 11 is 0. The van der Waals surface area contributed by atoms with Crippen LogP contribution in [0.3, 0.4) is 0 Å². The average molecular weight is 255 g/mol. The predicted octanol–water partition coefficient (Wildman–Crippen LogP) is 0.580. The highest BCUT2D eigenvalue weighted by Gasteiger charge is 2.22. The van der Waals surface area contributed by atoms with Crippen LogP contribution in [0.15, 0.2) is 0 Å². The van der Waals surface area contributed by atoms with Gasteiger partial charge in [-0.25, -0.2) is 9.48 Å². The van der Waals surface area contributed by atoms with Crippen LogP contribution in [0, 0.1) is 0 Å². The number of unbranched alkanes of at least 4 members (excludes halogenated alkanes) is 1. The van der Waals surface area contributed by atoms with Gasteiger partial charge in [0.25, 0.3) is 0 Å². The molecule has 0 fully saturated rings. The van der Waals surface area contributed by atoms with E-state index in [9.17, 15) is 9.59 Å². The zero-order valence-corrected chi connectivity index (χ0v) is 10.8. The standard InChI is InChI=1S/C11H17N3O4/c1-4-5-6-14-8(7-9(15)17-2)10(12-13-14)11(16)18-3/h4-7H2,1-3H3. The van der Waals surface area contributed by atoms with E-state index in [0.717, 1.165) is 12.8 Å². The fourth-order valence-electron chi connectivity index (χ4n) is 1.46. The zero-order chi connectivity index (χ0) is 13.5. The third-order valence-electron chi connectivity index (χ3n) is 2.48. The van der Waals surface area contributed by atoms with E-state index in [2.05, 4.69) is 19.8 Å². The van der Waals surface area contributed by atoms with Crippen LogP contribution in [0.2, 0.25) is 0 Å². The number of carbonyl (C=O) groups is 2. The summed E-state index contributed by atoms with van der Waals surface area (Å²) in [6.07, 6.45) is 1.82. The van der Waals surface area contributed by atoms with Crippen molar-refractivity contribution in [3.8, 4) is 0 Å². The van der Waals surface area contributed by atoms with Crippen molar-refractivity contribution in [3.63, 3.8) is 0 Å².